The van der Waals surface area contributed by atoms with E-state index in [-0.39, 0.29) is 35.4 Å². The number of hydrogen-bond acceptors (Lipinski definition) is 6. The first-order valence-corrected chi connectivity index (χ1v) is 13.0. The third-order valence-electron chi connectivity index (χ3n) is 6.11. The highest BCUT2D eigenvalue weighted by atomic mass is 32.2. The number of rotatable bonds is 7. The minimum atomic E-state index is -4.80. The molecule has 0 aromatic heterocycles. The van der Waals surface area contributed by atoms with Crippen molar-refractivity contribution in [1.29, 1.82) is 0 Å². The van der Waals surface area contributed by atoms with Gasteiger partial charge in [-0.2, -0.15) is 13.2 Å². The van der Waals surface area contributed by atoms with Crippen molar-refractivity contribution in [2.75, 3.05) is 18.0 Å². The van der Waals surface area contributed by atoms with E-state index in [0.717, 1.165) is 47.8 Å². The van der Waals surface area contributed by atoms with Gasteiger partial charge < -0.3 is 14.6 Å². The molecule has 0 amide bonds. The number of alkyl halides is 3. The summed E-state index contributed by atoms with van der Waals surface area (Å²) in [5.74, 6) is -2.43. The number of anilines is 1. The Morgan fingerprint density at radius 3 is 2.56 bits per heavy atom. The van der Waals surface area contributed by atoms with E-state index in [1.807, 2.05) is 0 Å². The summed E-state index contributed by atoms with van der Waals surface area (Å²) in [4.78, 5) is 10.9. The molecular formula is C26H22F5NO6S. The molecule has 2 unspecified atom stereocenters. The summed E-state index contributed by atoms with van der Waals surface area (Å²) in [5.41, 5.74) is -1.36. The second-order valence-electron chi connectivity index (χ2n) is 8.72. The number of aliphatic hydroxyl groups excluding tert-OH is 1. The predicted octanol–water partition coefficient (Wildman–Crippen LogP) is 4.92. The topological polar surface area (TPSA) is 93.1 Å². The Morgan fingerprint density at radius 1 is 1.13 bits per heavy atom. The van der Waals surface area contributed by atoms with Crippen molar-refractivity contribution < 1.29 is 49.7 Å². The van der Waals surface area contributed by atoms with Crippen molar-refractivity contribution in [1.82, 2.24) is 0 Å². The SMILES string of the molecule is COC(=O)C(O)CCC1CN(S(=O)(=O)c2cccc(C(F)(F)F)c2)c2cc(-c3cc(F)ccc3F)ccc2O1. The molecule has 7 nitrogen and oxygen atoms in total. The first kappa shape index (κ1) is 28.3. The number of carbonyl (C=O) groups is 1. The summed E-state index contributed by atoms with van der Waals surface area (Å²) in [6, 6.07) is 9.86. The van der Waals surface area contributed by atoms with Crippen LogP contribution in [0.1, 0.15) is 18.4 Å². The second kappa shape index (κ2) is 10.8. The molecule has 1 aliphatic rings. The number of methoxy groups -OCH3 is 1. The van der Waals surface area contributed by atoms with E-state index in [0.29, 0.717) is 6.07 Å². The Hall–Kier alpha value is -3.71. The molecule has 3 aromatic carbocycles. The molecule has 0 aliphatic carbocycles. The number of halogens is 5. The molecule has 0 saturated carbocycles. The van der Waals surface area contributed by atoms with Gasteiger partial charge in [-0.05, 0) is 66.9 Å². The molecule has 13 heteroatoms. The van der Waals surface area contributed by atoms with Gasteiger partial charge in [0, 0.05) is 5.56 Å². The average molecular weight is 572 g/mol. The van der Waals surface area contributed by atoms with Crippen molar-refractivity contribution >= 4 is 21.7 Å². The number of ether oxygens (including phenoxy) is 2. The van der Waals surface area contributed by atoms with Gasteiger partial charge >= 0.3 is 12.1 Å². The molecule has 4 rings (SSSR count). The van der Waals surface area contributed by atoms with Crippen LogP contribution in [0, 0.1) is 11.6 Å². The minimum absolute atomic E-state index is 0.00470. The summed E-state index contributed by atoms with van der Waals surface area (Å²) in [7, 11) is -3.55. The quantitative estimate of drug-likeness (QED) is 0.320. The summed E-state index contributed by atoms with van der Waals surface area (Å²) < 4.78 is 107. The van der Waals surface area contributed by atoms with Crippen LogP contribution in [0.25, 0.3) is 11.1 Å². The number of nitrogens with zero attached hydrogens (tertiary/aromatic N) is 1. The van der Waals surface area contributed by atoms with Crippen molar-refractivity contribution in [2.24, 2.45) is 0 Å². The zero-order valence-electron chi connectivity index (χ0n) is 20.3. The number of benzene rings is 3. The van der Waals surface area contributed by atoms with Crippen LogP contribution in [0.2, 0.25) is 0 Å². The molecule has 3 aromatic rings. The normalized spacial score (nSPS) is 16.3. The first-order valence-electron chi connectivity index (χ1n) is 11.5. The molecule has 39 heavy (non-hydrogen) atoms. The Bertz CT molecular complexity index is 1490. The summed E-state index contributed by atoms with van der Waals surface area (Å²) in [5, 5.41) is 9.93. The Kier molecular flexibility index (Phi) is 7.84. The summed E-state index contributed by atoms with van der Waals surface area (Å²) in [6.07, 6.45) is -7.41. The lowest BCUT2D eigenvalue weighted by atomic mass is 10.0. The number of sulfonamides is 1. The largest absolute Gasteiger partial charge is 0.486 e. The molecule has 0 radical (unpaired) electrons. The number of hydrogen-bond donors (Lipinski definition) is 1. The lowest BCUT2D eigenvalue weighted by Crippen LogP contribution is -2.44. The van der Waals surface area contributed by atoms with Gasteiger partial charge in [-0.1, -0.05) is 12.1 Å². The van der Waals surface area contributed by atoms with Gasteiger partial charge in [0.25, 0.3) is 10.0 Å². The summed E-state index contributed by atoms with van der Waals surface area (Å²) in [6.45, 7) is -0.408. The first-order chi connectivity index (χ1) is 18.3. The Labute approximate surface area is 220 Å². The van der Waals surface area contributed by atoms with Crippen LogP contribution >= 0.6 is 0 Å². The van der Waals surface area contributed by atoms with Crippen molar-refractivity contribution in [3.63, 3.8) is 0 Å². The number of carbonyl (C=O) groups excluding carboxylic acids is 1. The van der Waals surface area contributed by atoms with E-state index in [2.05, 4.69) is 4.74 Å². The number of aliphatic hydroxyl groups is 1. The van der Waals surface area contributed by atoms with Crippen LogP contribution in [-0.4, -0.2) is 45.4 Å². The van der Waals surface area contributed by atoms with Crippen LogP contribution in [0.5, 0.6) is 5.75 Å². The number of fused-ring (bicyclic) bond motifs is 1. The fraction of sp³-hybridized carbons (Fsp3) is 0.269. The van der Waals surface area contributed by atoms with Gasteiger partial charge in [0.2, 0.25) is 0 Å². The maximum atomic E-state index is 14.5. The smallest absolute Gasteiger partial charge is 0.416 e. The standard InChI is InChI=1S/C26H22F5NO6S/c1-37-25(34)23(33)9-7-18-14-32(39(35,36)19-4-2-3-16(12-19)26(29,30)31)22-11-15(5-10-24(22)38-18)20-13-17(27)6-8-21(20)28/h2-6,8,10-13,18,23,33H,7,9,14H2,1H3. The van der Waals surface area contributed by atoms with E-state index < -0.39 is 63.0 Å². The fourth-order valence-electron chi connectivity index (χ4n) is 4.13. The highest BCUT2D eigenvalue weighted by molar-refractivity contribution is 7.92. The van der Waals surface area contributed by atoms with Crippen molar-refractivity contribution in [2.45, 2.75) is 36.1 Å². The summed E-state index contributed by atoms with van der Waals surface area (Å²) >= 11 is 0. The molecule has 0 spiro atoms. The molecule has 1 aliphatic heterocycles. The van der Waals surface area contributed by atoms with Gasteiger partial charge in [0.1, 0.15) is 23.5 Å². The lowest BCUT2D eigenvalue weighted by molar-refractivity contribution is -0.150. The van der Waals surface area contributed by atoms with Crippen LogP contribution in [-0.2, 0) is 25.7 Å². The highest BCUT2D eigenvalue weighted by Gasteiger charge is 2.37. The van der Waals surface area contributed by atoms with Gasteiger partial charge in [0.15, 0.2) is 6.10 Å². The maximum Gasteiger partial charge on any atom is 0.416 e. The average Bonchev–Trinajstić information content (AvgIpc) is 2.91. The van der Waals surface area contributed by atoms with E-state index >= 15 is 0 Å². The van der Waals surface area contributed by atoms with E-state index in [4.69, 9.17) is 4.74 Å². The maximum absolute atomic E-state index is 14.5. The second-order valence-corrected chi connectivity index (χ2v) is 10.6. The number of esters is 1. The van der Waals surface area contributed by atoms with Crippen molar-refractivity contribution in [3.05, 3.63) is 77.9 Å². The third kappa shape index (κ3) is 5.98. The van der Waals surface area contributed by atoms with Gasteiger partial charge in [-0.15, -0.1) is 0 Å². The van der Waals surface area contributed by atoms with Crippen LogP contribution in [0.4, 0.5) is 27.6 Å². The minimum Gasteiger partial charge on any atom is -0.486 e. The Morgan fingerprint density at radius 2 is 1.87 bits per heavy atom. The zero-order chi connectivity index (χ0) is 28.5. The third-order valence-corrected chi connectivity index (χ3v) is 7.89. The molecule has 1 heterocycles. The highest BCUT2D eigenvalue weighted by Crippen LogP contribution is 2.41. The van der Waals surface area contributed by atoms with E-state index in [1.54, 1.807) is 0 Å². The molecule has 0 saturated heterocycles. The van der Waals surface area contributed by atoms with E-state index in [1.165, 1.54) is 18.2 Å². The van der Waals surface area contributed by atoms with Gasteiger partial charge in [0.05, 0.1) is 29.8 Å². The molecule has 2 atom stereocenters. The van der Waals surface area contributed by atoms with Gasteiger partial charge in [-0.25, -0.2) is 22.0 Å². The Balaban J connectivity index is 1.78. The van der Waals surface area contributed by atoms with E-state index in [9.17, 15) is 40.3 Å². The van der Waals surface area contributed by atoms with Crippen molar-refractivity contribution in [3.8, 4) is 16.9 Å². The molecule has 0 fully saturated rings. The van der Waals surface area contributed by atoms with Crippen LogP contribution in [0.3, 0.4) is 0 Å². The predicted molar refractivity (Wildman–Crippen MR) is 129 cm³/mol. The molecule has 1 N–H and O–H groups in total. The van der Waals surface area contributed by atoms with Gasteiger partial charge in [-0.3, -0.25) is 4.31 Å². The molecular weight excluding hydrogens is 549 g/mol. The monoisotopic (exact) mass is 571 g/mol. The van der Waals surface area contributed by atoms with Crippen LogP contribution in [0.15, 0.2) is 65.6 Å². The molecule has 0 bridgehead atoms. The fourth-order valence-corrected chi connectivity index (χ4v) is 5.68. The van der Waals surface area contributed by atoms with Crippen LogP contribution < -0.4 is 9.04 Å². The zero-order valence-corrected chi connectivity index (χ0v) is 21.1. The molecule has 208 valence electrons. The lowest BCUT2D eigenvalue weighted by Gasteiger charge is -2.36.